The standard InChI is InChI=1S/C13H20BrN3/c1-10-3-4-13(12(14)7-10)17-6-5-16-11(9-17)8-15-2/h3-4,7,11,15-16H,5-6,8-9H2,1-2H3. The second-order valence-corrected chi connectivity index (χ2v) is 5.46. The summed E-state index contributed by atoms with van der Waals surface area (Å²) >= 11 is 3.66. The van der Waals surface area contributed by atoms with E-state index < -0.39 is 0 Å². The Balaban J connectivity index is 2.10. The third-order valence-electron chi connectivity index (χ3n) is 3.15. The average molecular weight is 298 g/mol. The van der Waals surface area contributed by atoms with Crippen LogP contribution in [0.15, 0.2) is 22.7 Å². The molecule has 0 bridgehead atoms. The number of benzene rings is 1. The molecule has 1 atom stereocenters. The highest BCUT2D eigenvalue weighted by atomic mass is 79.9. The number of aryl methyl sites for hydroxylation is 1. The summed E-state index contributed by atoms with van der Waals surface area (Å²) in [4.78, 5) is 2.45. The Kier molecular flexibility index (Phi) is 4.42. The van der Waals surface area contributed by atoms with Gasteiger partial charge in [-0.25, -0.2) is 0 Å². The fraction of sp³-hybridized carbons (Fsp3) is 0.538. The summed E-state index contributed by atoms with van der Waals surface area (Å²) in [7, 11) is 2.00. The molecule has 1 aromatic carbocycles. The zero-order valence-corrected chi connectivity index (χ0v) is 12.0. The van der Waals surface area contributed by atoms with Crippen LogP contribution in [0.25, 0.3) is 0 Å². The summed E-state index contributed by atoms with van der Waals surface area (Å²) in [5, 5.41) is 6.76. The molecule has 0 spiro atoms. The van der Waals surface area contributed by atoms with Crippen LogP contribution in [0, 0.1) is 6.92 Å². The van der Waals surface area contributed by atoms with E-state index in [0.717, 1.165) is 26.2 Å². The van der Waals surface area contributed by atoms with Gasteiger partial charge in [-0.05, 0) is 47.6 Å². The van der Waals surface area contributed by atoms with Gasteiger partial charge in [-0.2, -0.15) is 0 Å². The lowest BCUT2D eigenvalue weighted by Gasteiger charge is -2.35. The van der Waals surface area contributed by atoms with Crippen LogP contribution in [0.5, 0.6) is 0 Å². The van der Waals surface area contributed by atoms with Gasteiger partial charge in [-0.15, -0.1) is 0 Å². The van der Waals surface area contributed by atoms with Crippen molar-refractivity contribution in [1.29, 1.82) is 0 Å². The molecule has 1 aliphatic heterocycles. The third kappa shape index (κ3) is 3.21. The van der Waals surface area contributed by atoms with Crippen LogP contribution in [-0.4, -0.2) is 39.3 Å². The average Bonchev–Trinajstić information content (AvgIpc) is 2.29. The summed E-state index contributed by atoms with van der Waals surface area (Å²) in [6.07, 6.45) is 0. The van der Waals surface area contributed by atoms with Crippen molar-refractivity contribution in [3.8, 4) is 0 Å². The maximum Gasteiger partial charge on any atom is 0.0511 e. The lowest BCUT2D eigenvalue weighted by molar-refractivity contribution is 0.443. The van der Waals surface area contributed by atoms with Gasteiger partial charge in [0, 0.05) is 36.7 Å². The Labute approximate surface area is 112 Å². The van der Waals surface area contributed by atoms with Gasteiger partial charge < -0.3 is 15.5 Å². The van der Waals surface area contributed by atoms with Crippen molar-refractivity contribution in [1.82, 2.24) is 10.6 Å². The number of nitrogens with zero attached hydrogens (tertiary/aromatic N) is 1. The fourth-order valence-corrected chi connectivity index (χ4v) is 3.04. The molecule has 1 aliphatic rings. The van der Waals surface area contributed by atoms with Gasteiger partial charge >= 0.3 is 0 Å². The van der Waals surface area contributed by atoms with E-state index in [2.05, 4.69) is 56.6 Å². The number of rotatable bonds is 3. The van der Waals surface area contributed by atoms with E-state index in [0.29, 0.717) is 6.04 Å². The number of nitrogens with one attached hydrogen (secondary N) is 2. The van der Waals surface area contributed by atoms with Crippen LogP contribution in [0.4, 0.5) is 5.69 Å². The van der Waals surface area contributed by atoms with Gasteiger partial charge in [-0.1, -0.05) is 6.07 Å². The first kappa shape index (κ1) is 12.9. The number of hydrogen-bond donors (Lipinski definition) is 2. The molecule has 1 fully saturated rings. The monoisotopic (exact) mass is 297 g/mol. The second-order valence-electron chi connectivity index (χ2n) is 4.61. The topological polar surface area (TPSA) is 27.3 Å². The van der Waals surface area contributed by atoms with Gasteiger partial charge in [0.2, 0.25) is 0 Å². The maximum absolute atomic E-state index is 3.66. The number of likely N-dealkylation sites (N-methyl/N-ethyl adjacent to an activating group) is 1. The minimum Gasteiger partial charge on any atom is -0.368 e. The Morgan fingerprint density at radius 3 is 3.06 bits per heavy atom. The molecule has 94 valence electrons. The molecule has 0 aromatic heterocycles. The van der Waals surface area contributed by atoms with Gasteiger partial charge in [-0.3, -0.25) is 0 Å². The number of anilines is 1. The lowest BCUT2D eigenvalue weighted by Crippen LogP contribution is -2.54. The van der Waals surface area contributed by atoms with Crippen LogP contribution < -0.4 is 15.5 Å². The zero-order chi connectivity index (χ0) is 12.3. The molecule has 0 aliphatic carbocycles. The molecule has 1 heterocycles. The zero-order valence-electron chi connectivity index (χ0n) is 10.5. The Morgan fingerprint density at radius 1 is 1.53 bits per heavy atom. The molecule has 0 amide bonds. The van der Waals surface area contributed by atoms with Crippen molar-refractivity contribution in [3.05, 3.63) is 28.2 Å². The normalized spacial score (nSPS) is 20.6. The van der Waals surface area contributed by atoms with Crippen LogP contribution in [0.3, 0.4) is 0 Å². The van der Waals surface area contributed by atoms with Crippen molar-refractivity contribution in [2.45, 2.75) is 13.0 Å². The van der Waals surface area contributed by atoms with Crippen molar-refractivity contribution >= 4 is 21.6 Å². The molecule has 1 saturated heterocycles. The van der Waals surface area contributed by atoms with Crippen LogP contribution >= 0.6 is 15.9 Å². The SMILES string of the molecule is CNCC1CN(c2ccc(C)cc2Br)CCN1. The predicted octanol–water partition coefficient (Wildman–Crippen LogP) is 1.76. The molecule has 1 aromatic rings. The highest BCUT2D eigenvalue weighted by Crippen LogP contribution is 2.27. The van der Waals surface area contributed by atoms with Gasteiger partial charge in [0.05, 0.1) is 5.69 Å². The summed E-state index contributed by atoms with van der Waals surface area (Å²) in [6, 6.07) is 7.10. The number of piperazine rings is 1. The van der Waals surface area contributed by atoms with Crippen molar-refractivity contribution < 1.29 is 0 Å². The van der Waals surface area contributed by atoms with Gasteiger partial charge in [0.1, 0.15) is 0 Å². The Morgan fingerprint density at radius 2 is 2.35 bits per heavy atom. The molecule has 1 unspecified atom stereocenters. The predicted molar refractivity (Wildman–Crippen MR) is 76.8 cm³/mol. The summed E-state index contributed by atoms with van der Waals surface area (Å²) < 4.78 is 1.20. The van der Waals surface area contributed by atoms with Crippen LogP contribution in [-0.2, 0) is 0 Å². The molecule has 17 heavy (non-hydrogen) atoms. The van der Waals surface area contributed by atoms with Crippen LogP contribution in [0.2, 0.25) is 0 Å². The molecular formula is C13H20BrN3. The van der Waals surface area contributed by atoms with Crippen molar-refractivity contribution in [2.75, 3.05) is 38.1 Å². The summed E-state index contributed by atoms with van der Waals surface area (Å²) in [5.74, 6) is 0. The first-order valence-electron chi connectivity index (χ1n) is 6.10. The van der Waals surface area contributed by atoms with E-state index in [9.17, 15) is 0 Å². The minimum absolute atomic E-state index is 0.530. The first-order valence-corrected chi connectivity index (χ1v) is 6.89. The molecule has 4 heteroatoms. The highest BCUT2D eigenvalue weighted by Gasteiger charge is 2.20. The molecular weight excluding hydrogens is 278 g/mol. The highest BCUT2D eigenvalue weighted by molar-refractivity contribution is 9.10. The largest absolute Gasteiger partial charge is 0.368 e. The maximum atomic E-state index is 3.66. The van der Waals surface area contributed by atoms with E-state index in [-0.39, 0.29) is 0 Å². The minimum atomic E-state index is 0.530. The number of halogens is 1. The third-order valence-corrected chi connectivity index (χ3v) is 3.79. The first-order chi connectivity index (χ1) is 8.20. The fourth-order valence-electron chi connectivity index (χ4n) is 2.30. The van der Waals surface area contributed by atoms with Gasteiger partial charge in [0.25, 0.3) is 0 Å². The van der Waals surface area contributed by atoms with E-state index in [4.69, 9.17) is 0 Å². The van der Waals surface area contributed by atoms with E-state index >= 15 is 0 Å². The molecule has 2 N–H and O–H groups in total. The quantitative estimate of drug-likeness (QED) is 0.890. The Bertz CT molecular complexity index is 379. The Hall–Kier alpha value is -0.580. The molecule has 2 rings (SSSR count). The van der Waals surface area contributed by atoms with E-state index in [1.807, 2.05) is 7.05 Å². The molecule has 0 saturated carbocycles. The summed E-state index contributed by atoms with van der Waals surface area (Å²) in [6.45, 7) is 6.31. The lowest BCUT2D eigenvalue weighted by atomic mass is 10.1. The molecule has 0 radical (unpaired) electrons. The second kappa shape index (κ2) is 5.85. The smallest absolute Gasteiger partial charge is 0.0511 e. The van der Waals surface area contributed by atoms with Crippen molar-refractivity contribution in [3.63, 3.8) is 0 Å². The van der Waals surface area contributed by atoms with E-state index in [1.54, 1.807) is 0 Å². The van der Waals surface area contributed by atoms with Crippen molar-refractivity contribution in [2.24, 2.45) is 0 Å². The molecule has 3 nitrogen and oxygen atoms in total. The number of hydrogen-bond acceptors (Lipinski definition) is 3. The van der Waals surface area contributed by atoms with Gasteiger partial charge in [0.15, 0.2) is 0 Å². The van der Waals surface area contributed by atoms with Crippen LogP contribution in [0.1, 0.15) is 5.56 Å². The summed E-state index contributed by atoms with van der Waals surface area (Å²) in [5.41, 5.74) is 2.60. The van der Waals surface area contributed by atoms with E-state index in [1.165, 1.54) is 15.7 Å².